The van der Waals surface area contributed by atoms with Gasteiger partial charge in [-0.05, 0) is 19.9 Å². The van der Waals surface area contributed by atoms with E-state index in [0.717, 1.165) is 0 Å². The average molecular weight is 230 g/mol. The van der Waals surface area contributed by atoms with Gasteiger partial charge < -0.3 is 15.8 Å². The van der Waals surface area contributed by atoms with Crippen LogP contribution in [0.3, 0.4) is 0 Å². The van der Waals surface area contributed by atoms with Crippen LogP contribution in [0.5, 0.6) is 0 Å². The molecule has 2 unspecified atom stereocenters. The molecule has 0 aliphatic rings. The quantitative estimate of drug-likeness (QED) is 0.464. The van der Waals surface area contributed by atoms with E-state index in [9.17, 15) is 9.59 Å². The molecular weight excluding hydrogens is 208 g/mol. The van der Waals surface area contributed by atoms with E-state index in [0.29, 0.717) is 26.0 Å². The molecule has 16 heavy (non-hydrogen) atoms. The monoisotopic (exact) mass is 230 g/mol. The maximum atomic E-state index is 11.4. The second kappa shape index (κ2) is 8.10. The number of carbonyl (C=O) groups is 2. The molecule has 0 saturated heterocycles. The number of esters is 1. The number of hydrogen-bond acceptors (Lipinski definition) is 4. The number of primary amides is 1. The summed E-state index contributed by atoms with van der Waals surface area (Å²) in [4.78, 5) is 22.2. The van der Waals surface area contributed by atoms with Gasteiger partial charge in [-0.15, -0.1) is 0 Å². The molecule has 0 aromatic rings. The summed E-state index contributed by atoms with van der Waals surface area (Å²) in [7, 11) is 1.80. The molecule has 0 fully saturated rings. The van der Waals surface area contributed by atoms with Crippen molar-refractivity contribution in [3.8, 4) is 0 Å². The van der Waals surface area contributed by atoms with Gasteiger partial charge in [0, 0.05) is 12.5 Å². The van der Waals surface area contributed by atoms with Gasteiger partial charge in [-0.2, -0.15) is 0 Å². The molecule has 0 rings (SSSR count). The number of amides is 1. The van der Waals surface area contributed by atoms with Gasteiger partial charge >= 0.3 is 5.97 Å². The normalized spacial score (nSPS) is 14.2. The zero-order valence-electron chi connectivity index (χ0n) is 10.3. The molecular formula is C11H22N2O3. The molecule has 94 valence electrons. The Hall–Kier alpha value is -1.10. The molecule has 0 heterocycles. The molecule has 1 amide bonds. The molecule has 5 nitrogen and oxygen atoms in total. The van der Waals surface area contributed by atoms with Crippen molar-refractivity contribution in [1.29, 1.82) is 0 Å². The first kappa shape index (κ1) is 14.9. The summed E-state index contributed by atoms with van der Waals surface area (Å²) >= 11 is 0. The van der Waals surface area contributed by atoms with Crippen LogP contribution in [0.4, 0.5) is 0 Å². The zero-order chi connectivity index (χ0) is 12.6. The highest BCUT2D eigenvalue weighted by atomic mass is 16.5. The fourth-order valence-corrected chi connectivity index (χ4v) is 1.16. The first-order chi connectivity index (χ1) is 7.49. The predicted molar refractivity (Wildman–Crippen MR) is 61.6 cm³/mol. The van der Waals surface area contributed by atoms with Crippen molar-refractivity contribution in [2.75, 3.05) is 20.2 Å². The van der Waals surface area contributed by atoms with Gasteiger partial charge in [0.2, 0.25) is 5.91 Å². The standard InChI is InChI=1S/C11H22N2O3/c1-8(10(12)14)4-5-9(2)11(15)16-7-6-13-3/h8-9,13H,4-7H2,1-3H3,(H2,12,14). The molecule has 0 aromatic carbocycles. The summed E-state index contributed by atoms with van der Waals surface area (Å²) in [6.07, 6.45) is 1.25. The van der Waals surface area contributed by atoms with Gasteiger partial charge in [0.1, 0.15) is 6.61 Å². The number of nitrogens with two attached hydrogens (primary N) is 1. The van der Waals surface area contributed by atoms with Crippen molar-refractivity contribution in [3.05, 3.63) is 0 Å². The van der Waals surface area contributed by atoms with Crippen LogP contribution in [-0.2, 0) is 14.3 Å². The third-order valence-electron chi connectivity index (χ3n) is 2.52. The van der Waals surface area contributed by atoms with Crippen molar-refractivity contribution >= 4 is 11.9 Å². The van der Waals surface area contributed by atoms with Gasteiger partial charge in [-0.3, -0.25) is 9.59 Å². The minimum atomic E-state index is -0.323. The Morgan fingerprint density at radius 3 is 2.31 bits per heavy atom. The summed E-state index contributed by atoms with van der Waals surface area (Å²) in [6, 6.07) is 0. The van der Waals surface area contributed by atoms with Crippen LogP contribution in [0.15, 0.2) is 0 Å². The van der Waals surface area contributed by atoms with Crippen LogP contribution in [-0.4, -0.2) is 32.1 Å². The fourth-order valence-electron chi connectivity index (χ4n) is 1.16. The summed E-state index contributed by atoms with van der Waals surface area (Å²) in [5.41, 5.74) is 5.13. The molecule has 0 aromatic heterocycles. The van der Waals surface area contributed by atoms with E-state index >= 15 is 0 Å². The number of hydrogen-bond donors (Lipinski definition) is 2. The number of nitrogens with one attached hydrogen (secondary N) is 1. The number of rotatable bonds is 8. The van der Waals surface area contributed by atoms with E-state index in [2.05, 4.69) is 5.32 Å². The first-order valence-electron chi connectivity index (χ1n) is 5.59. The smallest absolute Gasteiger partial charge is 0.308 e. The molecule has 5 heteroatoms. The van der Waals surface area contributed by atoms with Crippen LogP contribution in [0.25, 0.3) is 0 Å². The van der Waals surface area contributed by atoms with Crippen LogP contribution >= 0.6 is 0 Å². The maximum absolute atomic E-state index is 11.4. The SMILES string of the molecule is CNCCOC(=O)C(C)CCC(C)C(N)=O. The van der Waals surface area contributed by atoms with Crippen molar-refractivity contribution in [2.45, 2.75) is 26.7 Å². The lowest BCUT2D eigenvalue weighted by molar-refractivity contribution is -0.148. The van der Waals surface area contributed by atoms with Gasteiger partial charge in [0.15, 0.2) is 0 Å². The zero-order valence-corrected chi connectivity index (χ0v) is 10.3. The summed E-state index contributed by atoms with van der Waals surface area (Å²) in [5, 5.41) is 2.89. The van der Waals surface area contributed by atoms with E-state index in [1.165, 1.54) is 0 Å². The Morgan fingerprint density at radius 2 is 1.81 bits per heavy atom. The second-order valence-corrected chi connectivity index (χ2v) is 4.05. The lowest BCUT2D eigenvalue weighted by Crippen LogP contribution is -2.24. The van der Waals surface area contributed by atoms with E-state index < -0.39 is 0 Å². The van der Waals surface area contributed by atoms with Gasteiger partial charge in [-0.25, -0.2) is 0 Å². The number of carbonyl (C=O) groups excluding carboxylic acids is 2. The van der Waals surface area contributed by atoms with Crippen LogP contribution in [0.1, 0.15) is 26.7 Å². The minimum Gasteiger partial charge on any atom is -0.464 e. The van der Waals surface area contributed by atoms with Gasteiger partial charge in [0.25, 0.3) is 0 Å². The molecule has 0 aliphatic heterocycles. The predicted octanol–water partition coefficient (Wildman–Crippen LogP) is 0.287. The number of likely N-dealkylation sites (N-methyl/N-ethyl adjacent to an activating group) is 1. The van der Waals surface area contributed by atoms with E-state index in [-0.39, 0.29) is 23.7 Å². The van der Waals surface area contributed by atoms with Gasteiger partial charge in [0.05, 0.1) is 5.92 Å². The van der Waals surface area contributed by atoms with E-state index in [1.54, 1.807) is 20.9 Å². The third-order valence-corrected chi connectivity index (χ3v) is 2.52. The Kier molecular flexibility index (Phi) is 7.54. The van der Waals surface area contributed by atoms with E-state index in [4.69, 9.17) is 10.5 Å². The van der Waals surface area contributed by atoms with Crippen LogP contribution in [0, 0.1) is 11.8 Å². The molecule has 2 atom stereocenters. The Balaban J connectivity index is 3.74. The Morgan fingerprint density at radius 1 is 1.25 bits per heavy atom. The lowest BCUT2D eigenvalue weighted by atomic mass is 9.98. The highest BCUT2D eigenvalue weighted by Crippen LogP contribution is 2.13. The molecule has 0 spiro atoms. The summed E-state index contributed by atoms with van der Waals surface area (Å²) in [5.74, 6) is -0.908. The second-order valence-electron chi connectivity index (χ2n) is 4.05. The minimum absolute atomic E-state index is 0.182. The van der Waals surface area contributed by atoms with Crippen molar-refractivity contribution in [2.24, 2.45) is 17.6 Å². The highest BCUT2D eigenvalue weighted by Gasteiger charge is 2.17. The molecule has 3 N–H and O–H groups in total. The molecule has 0 radical (unpaired) electrons. The van der Waals surface area contributed by atoms with Gasteiger partial charge in [-0.1, -0.05) is 13.8 Å². The average Bonchev–Trinajstić information content (AvgIpc) is 2.25. The Labute approximate surface area is 96.7 Å². The third kappa shape index (κ3) is 6.40. The van der Waals surface area contributed by atoms with Crippen molar-refractivity contribution in [3.63, 3.8) is 0 Å². The molecule has 0 bridgehead atoms. The largest absolute Gasteiger partial charge is 0.464 e. The topological polar surface area (TPSA) is 81.4 Å². The van der Waals surface area contributed by atoms with Crippen LogP contribution < -0.4 is 11.1 Å². The Bertz CT molecular complexity index is 231. The highest BCUT2D eigenvalue weighted by molar-refractivity contribution is 5.76. The summed E-state index contributed by atoms with van der Waals surface area (Å²) < 4.78 is 5.02. The van der Waals surface area contributed by atoms with Crippen molar-refractivity contribution in [1.82, 2.24) is 5.32 Å². The molecule has 0 saturated carbocycles. The summed E-state index contributed by atoms with van der Waals surface area (Å²) in [6.45, 7) is 4.60. The first-order valence-corrected chi connectivity index (χ1v) is 5.59. The van der Waals surface area contributed by atoms with Crippen LogP contribution in [0.2, 0.25) is 0 Å². The number of ether oxygens (including phenoxy) is 1. The maximum Gasteiger partial charge on any atom is 0.308 e. The fraction of sp³-hybridized carbons (Fsp3) is 0.818. The molecule has 0 aliphatic carbocycles. The van der Waals surface area contributed by atoms with E-state index in [1.807, 2.05) is 0 Å². The van der Waals surface area contributed by atoms with Crippen molar-refractivity contribution < 1.29 is 14.3 Å². The lowest BCUT2D eigenvalue weighted by Gasteiger charge is -2.13.